The second-order valence-corrected chi connectivity index (χ2v) is 16.7. The molecule has 3 rings (SSSR count). The van der Waals surface area contributed by atoms with Crippen LogP contribution in [0.5, 0.6) is 0 Å². The molecule has 1 saturated heterocycles. The third-order valence-corrected chi connectivity index (χ3v) is 10.2. The summed E-state index contributed by atoms with van der Waals surface area (Å²) >= 11 is 0. The number of allylic oxidation sites excluding steroid dienone is 3. The Bertz CT molecular complexity index is 1010. The van der Waals surface area contributed by atoms with Crippen molar-refractivity contribution in [1.82, 2.24) is 10.8 Å². The van der Waals surface area contributed by atoms with Crippen molar-refractivity contribution >= 4 is 27.0 Å². The van der Waals surface area contributed by atoms with Crippen molar-refractivity contribution in [1.29, 1.82) is 0 Å². The molecule has 244 valence electrons. The second-order valence-electron chi connectivity index (χ2n) is 14.3. The number of hydrogen-bond acceptors (Lipinski definition) is 7. The number of amides is 2. The minimum absolute atomic E-state index is 0.0648. The van der Waals surface area contributed by atoms with Crippen LogP contribution in [0.1, 0.15) is 92.4 Å². The van der Waals surface area contributed by atoms with Gasteiger partial charge in [-0.1, -0.05) is 65.7 Å². The summed E-state index contributed by atoms with van der Waals surface area (Å²) in [5.41, 5.74) is 2.83. The van der Waals surface area contributed by atoms with E-state index in [1.165, 1.54) is 5.57 Å². The van der Waals surface area contributed by atoms with Gasteiger partial charge in [-0.25, -0.2) is 15.1 Å². The molecule has 3 aliphatic rings. The Labute approximate surface area is 260 Å². The predicted molar refractivity (Wildman–Crippen MR) is 169 cm³/mol. The van der Waals surface area contributed by atoms with Crippen molar-refractivity contribution < 1.29 is 33.5 Å². The van der Waals surface area contributed by atoms with Gasteiger partial charge in [-0.2, -0.15) is 0 Å². The van der Waals surface area contributed by atoms with Gasteiger partial charge in [0.25, 0.3) is 0 Å². The molecule has 9 nitrogen and oxygen atoms in total. The SMILES string of the molecule is C[C@H]1C=C2C=C[C@H](C)[C@H](CC[C@@H]3C[C@H](C(C)(C)C)C(O[SiH](C)C)C(=O)O3)[C@H]2[C@@H](OC(=O)NCCCCCCC(=O)NO)C1. The van der Waals surface area contributed by atoms with Gasteiger partial charge in [-0.3, -0.25) is 10.0 Å². The maximum absolute atomic E-state index is 13.1. The molecule has 1 fully saturated rings. The van der Waals surface area contributed by atoms with Gasteiger partial charge >= 0.3 is 12.1 Å². The monoisotopic (exact) mass is 620 g/mol. The molecule has 1 aliphatic heterocycles. The van der Waals surface area contributed by atoms with Gasteiger partial charge in [0, 0.05) is 24.8 Å². The van der Waals surface area contributed by atoms with Gasteiger partial charge in [0.2, 0.25) is 5.91 Å². The van der Waals surface area contributed by atoms with E-state index in [9.17, 15) is 14.4 Å². The second kappa shape index (κ2) is 16.2. The first-order valence-corrected chi connectivity index (χ1v) is 19.2. The van der Waals surface area contributed by atoms with Gasteiger partial charge in [0.1, 0.15) is 18.3 Å². The molecule has 43 heavy (non-hydrogen) atoms. The molecule has 10 heteroatoms. The molecule has 8 atom stereocenters. The van der Waals surface area contributed by atoms with E-state index in [0.717, 1.165) is 44.9 Å². The van der Waals surface area contributed by atoms with E-state index in [0.29, 0.717) is 31.2 Å². The number of unbranched alkanes of at least 4 members (excludes halogenated alkanes) is 3. The summed E-state index contributed by atoms with van der Waals surface area (Å²) in [6, 6.07) is 0. The fourth-order valence-electron chi connectivity index (χ4n) is 7.07. The number of fused-ring (bicyclic) bond motifs is 1. The molecule has 0 saturated carbocycles. The normalized spacial score (nSPS) is 30.7. The quantitative estimate of drug-likeness (QED) is 0.0751. The van der Waals surface area contributed by atoms with Crippen LogP contribution in [0, 0.1) is 35.0 Å². The van der Waals surface area contributed by atoms with E-state index in [2.05, 4.69) is 71.3 Å². The van der Waals surface area contributed by atoms with Crippen molar-refractivity contribution in [3.05, 3.63) is 23.8 Å². The fourth-order valence-corrected chi connectivity index (χ4v) is 7.96. The highest BCUT2D eigenvalue weighted by Crippen LogP contribution is 2.46. The van der Waals surface area contributed by atoms with Crippen LogP contribution in [-0.2, 0) is 23.5 Å². The first-order chi connectivity index (χ1) is 20.3. The van der Waals surface area contributed by atoms with E-state index in [1.807, 2.05) is 0 Å². The predicted octanol–water partition coefficient (Wildman–Crippen LogP) is 6.07. The number of nitrogens with one attached hydrogen (secondary N) is 2. The van der Waals surface area contributed by atoms with Crippen LogP contribution >= 0.6 is 0 Å². The Morgan fingerprint density at radius 1 is 1.09 bits per heavy atom. The lowest BCUT2D eigenvalue weighted by Gasteiger charge is -2.45. The number of carbonyl (C=O) groups is 3. The van der Waals surface area contributed by atoms with Gasteiger partial charge in [-0.05, 0) is 80.4 Å². The number of hydroxylamine groups is 1. The Morgan fingerprint density at radius 2 is 1.81 bits per heavy atom. The van der Waals surface area contributed by atoms with E-state index < -0.39 is 15.1 Å². The Hall–Kier alpha value is -2.17. The lowest BCUT2D eigenvalue weighted by Crippen LogP contribution is -2.50. The van der Waals surface area contributed by atoms with Crippen LogP contribution in [0.15, 0.2) is 23.8 Å². The molecular formula is C33H56N2O7Si. The summed E-state index contributed by atoms with van der Waals surface area (Å²) in [7, 11) is -1.40. The molecule has 2 amide bonds. The lowest BCUT2D eigenvalue weighted by molar-refractivity contribution is -0.176. The number of alkyl carbamates (subject to hydrolysis) is 1. The average molecular weight is 621 g/mol. The molecule has 1 unspecified atom stereocenters. The molecule has 0 aromatic rings. The molecule has 0 radical (unpaired) electrons. The Morgan fingerprint density at radius 3 is 2.49 bits per heavy atom. The van der Waals surface area contributed by atoms with E-state index >= 15 is 0 Å². The van der Waals surface area contributed by atoms with Gasteiger partial charge in [0.05, 0.1) is 0 Å². The van der Waals surface area contributed by atoms with Gasteiger partial charge < -0.3 is 19.2 Å². The standard InChI is InChI=1S/C33H56N2O7Si/c1-21-18-23-14-13-22(2)25(16-15-24-20-26(33(3,4)5)30(31(37)40-24)42-43(6)7)29(23)27(19-21)41-32(38)34-17-11-9-8-10-12-28(36)35-39/h13-14,18,21-22,24-27,29-30,39,43H,8-12,15-17,19-20H2,1-7H3,(H,34,38)(H,35,36)/t21-,22-,24+,25-,26-,27-,29-,30?/m0/s1. The van der Waals surface area contributed by atoms with Crippen LogP contribution in [-0.4, -0.2) is 57.1 Å². The van der Waals surface area contributed by atoms with Crippen molar-refractivity contribution in [3.8, 4) is 0 Å². The van der Waals surface area contributed by atoms with Crippen LogP contribution in [0.3, 0.4) is 0 Å². The molecule has 1 heterocycles. The van der Waals surface area contributed by atoms with Crippen molar-refractivity contribution in [2.75, 3.05) is 6.54 Å². The van der Waals surface area contributed by atoms with E-state index in [1.54, 1.807) is 5.48 Å². The maximum Gasteiger partial charge on any atom is 0.407 e. The number of rotatable bonds is 13. The number of carbonyl (C=O) groups excluding carboxylic acids is 3. The number of cyclic esters (lactones) is 1. The Kier molecular flexibility index (Phi) is 13.3. The summed E-state index contributed by atoms with van der Waals surface area (Å²) in [5, 5.41) is 11.5. The molecule has 0 aromatic carbocycles. The number of ether oxygens (including phenoxy) is 2. The van der Waals surface area contributed by atoms with E-state index in [-0.39, 0.29) is 53.3 Å². The fraction of sp³-hybridized carbons (Fsp3) is 0.788. The zero-order valence-electron chi connectivity index (χ0n) is 27.4. The smallest absolute Gasteiger partial charge is 0.407 e. The summed E-state index contributed by atoms with van der Waals surface area (Å²) < 4.78 is 18.3. The Balaban J connectivity index is 1.59. The largest absolute Gasteiger partial charge is 0.460 e. The first-order valence-electron chi connectivity index (χ1n) is 16.4. The van der Waals surface area contributed by atoms with Crippen LogP contribution < -0.4 is 10.8 Å². The van der Waals surface area contributed by atoms with Crippen molar-refractivity contribution in [2.45, 2.75) is 124 Å². The number of hydrogen-bond donors (Lipinski definition) is 3. The zero-order chi connectivity index (χ0) is 31.7. The highest BCUT2D eigenvalue weighted by molar-refractivity contribution is 6.48. The van der Waals surface area contributed by atoms with Crippen LogP contribution in [0.4, 0.5) is 4.79 Å². The van der Waals surface area contributed by atoms with Crippen LogP contribution in [0.2, 0.25) is 13.1 Å². The summed E-state index contributed by atoms with van der Waals surface area (Å²) in [5.74, 6) is 0.548. The number of esters is 1. The highest BCUT2D eigenvalue weighted by atomic mass is 28.3. The van der Waals surface area contributed by atoms with Crippen LogP contribution in [0.25, 0.3) is 0 Å². The zero-order valence-corrected chi connectivity index (χ0v) is 28.6. The topological polar surface area (TPSA) is 123 Å². The van der Waals surface area contributed by atoms with Gasteiger partial charge in [0.15, 0.2) is 9.04 Å². The highest BCUT2D eigenvalue weighted by Gasteiger charge is 2.46. The lowest BCUT2D eigenvalue weighted by atomic mass is 9.65. The van der Waals surface area contributed by atoms with Crippen molar-refractivity contribution in [2.24, 2.45) is 35.0 Å². The minimum atomic E-state index is -1.40. The summed E-state index contributed by atoms with van der Waals surface area (Å²) in [4.78, 5) is 37.1. The molecule has 0 aromatic heterocycles. The molecule has 0 spiro atoms. The van der Waals surface area contributed by atoms with Gasteiger partial charge in [-0.15, -0.1) is 0 Å². The molecule has 3 N–H and O–H groups in total. The third kappa shape index (κ3) is 10.5. The summed E-state index contributed by atoms with van der Waals surface area (Å²) in [6.45, 7) is 15.7. The molecular weight excluding hydrogens is 564 g/mol. The van der Waals surface area contributed by atoms with Crippen molar-refractivity contribution in [3.63, 3.8) is 0 Å². The molecule has 0 bridgehead atoms. The minimum Gasteiger partial charge on any atom is -0.460 e. The maximum atomic E-state index is 13.1. The third-order valence-electron chi connectivity index (χ3n) is 9.33. The summed E-state index contributed by atoms with van der Waals surface area (Å²) in [6.07, 6.45) is 12.4. The first kappa shape index (κ1) is 35.3. The molecule has 2 aliphatic carbocycles. The average Bonchev–Trinajstić information content (AvgIpc) is 2.92. The van der Waals surface area contributed by atoms with E-state index in [4.69, 9.17) is 19.1 Å².